The Balaban J connectivity index is 1.50. The third-order valence-electron chi connectivity index (χ3n) is 4.46. The first-order valence-electron chi connectivity index (χ1n) is 8.96. The van der Waals surface area contributed by atoms with Gasteiger partial charge in [0.2, 0.25) is 0 Å². The summed E-state index contributed by atoms with van der Waals surface area (Å²) in [5.74, 6) is -0.912. The largest absolute Gasteiger partial charge is 0.459 e. The van der Waals surface area contributed by atoms with E-state index in [4.69, 9.17) is 9.15 Å². The Hall–Kier alpha value is -3.45. The Morgan fingerprint density at radius 3 is 2.72 bits per heavy atom. The molecule has 0 atom stereocenters. The zero-order valence-electron chi connectivity index (χ0n) is 15.6. The Labute approximate surface area is 169 Å². The van der Waals surface area contributed by atoms with E-state index in [1.807, 2.05) is 43.3 Å². The van der Waals surface area contributed by atoms with Gasteiger partial charge in [0.1, 0.15) is 18.7 Å². The lowest BCUT2D eigenvalue weighted by atomic mass is 10.0. The van der Waals surface area contributed by atoms with E-state index in [-0.39, 0.29) is 19.1 Å². The standard InChI is InChI=1S/C22H17NO5S/c1-13-6-9-18(29-13)22(26)23-11-20(25)27-12-15-10-19(24)28-17-8-7-14-4-2-3-5-16(14)21(15)17/h2-10H,11-12H2,1H3,(H,23,26). The molecule has 0 aliphatic carbocycles. The van der Waals surface area contributed by atoms with Crippen LogP contribution in [0.2, 0.25) is 0 Å². The zero-order chi connectivity index (χ0) is 20.4. The van der Waals surface area contributed by atoms with E-state index in [0.717, 1.165) is 21.0 Å². The van der Waals surface area contributed by atoms with Crippen LogP contribution in [0.1, 0.15) is 20.1 Å². The normalized spacial score (nSPS) is 10.9. The first-order valence-corrected chi connectivity index (χ1v) is 9.77. The van der Waals surface area contributed by atoms with E-state index in [0.29, 0.717) is 16.0 Å². The number of carbonyl (C=O) groups excluding carboxylic acids is 2. The number of hydrogen-bond donors (Lipinski definition) is 1. The number of amides is 1. The van der Waals surface area contributed by atoms with Gasteiger partial charge in [0.15, 0.2) is 0 Å². The molecule has 7 heteroatoms. The summed E-state index contributed by atoms with van der Waals surface area (Å²) in [7, 11) is 0. The topological polar surface area (TPSA) is 85.6 Å². The Kier molecular flexibility index (Phi) is 5.14. The maximum atomic E-state index is 12.1. The maximum absolute atomic E-state index is 12.1. The SMILES string of the molecule is Cc1ccc(C(=O)NCC(=O)OCc2cc(=O)oc3ccc4ccccc4c23)s1. The summed E-state index contributed by atoms with van der Waals surface area (Å²) in [5.41, 5.74) is 0.477. The van der Waals surface area contributed by atoms with Crippen molar-refractivity contribution in [2.75, 3.05) is 6.54 Å². The predicted molar refractivity (Wildman–Crippen MR) is 111 cm³/mol. The second kappa shape index (κ2) is 7.89. The summed E-state index contributed by atoms with van der Waals surface area (Å²) >= 11 is 1.35. The van der Waals surface area contributed by atoms with Crippen molar-refractivity contribution in [1.82, 2.24) is 5.32 Å². The van der Waals surface area contributed by atoms with Crippen molar-refractivity contribution >= 4 is 45.0 Å². The van der Waals surface area contributed by atoms with Crippen LogP contribution in [0, 0.1) is 6.92 Å². The molecule has 1 amide bonds. The lowest BCUT2D eigenvalue weighted by Gasteiger charge is -2.10. The predicted octanol–water partition coefficient (Wildman–Crippen LogP) is 3.79. The number of hydrogen-bond acceptors (Lipinski definition) is 6. The molecule has 2 heterocycles. The summed E-state index contributed by atoms with van der Waals surface area (Å²) in [6.45, 7) is 1.55. The van der Waals surface area contributed by atoms with E-state index in [9.17, 15) is 14.4 Å². The van der Waals surface area contributed by atoms with Crippen LogP contribution in [0.3, 0.4) is 0 Å². The second-order valence-corrected chi connectivity index (χ2v) is 7.79. The summed E-state index contributed by atoms with van der Waals surface area (Å²) in [6.07, 6.45) is 0. The number of nitrogens with one attached hydrogen (secondary N) is 1. The Morgan fingerprint density at radius 2 is 1.93 bits per heavy atom. The lowest BCUT2D eigenvalue weighted by molar-refractivity contribution is -0.143. The number of benzene rings is 2. The smallest absolute Gasteiger partial charge is 0.336 e. The molecular weight excluding hydrogens is 390 g/mol. The van der Waals surface area contributed by atoms with Gasteiger partial charge in [0.05, 0.1) is 4.88 Å². The number of rotatable bonds is 5. The molecule has 0 aliphatic heterocycles. The molecule has 0 radical (unpaired) electrons. The van der Waals surface area contributed by atoms with Gasteiger partial charge in [-0.15, -0.1) is 11.3 Å². The first kappa shape index (κ1) is 18.9. The molecule has 4 rings (SSSR count). The number of esters is 1. The van der Waals surface area contributed by atoms with Crippen LogP contribution < -0.4 is 10.9 Å². The van der Waals surface area contributed by atoms with Crippen LogP contribution in [0.25, 0.3) is 21.7 Å². The molecule has 29 heavy (non-hydrogen) atoms. The van der Waals surface area contributed by atoms with Gasteiger partial charge in [0.25, 0.3) is 5.91 Å². The highest BCUT2D eigenvalue weighted by Crippen LogP contribution is 2.27. The van der Waals surface area contributed by atoms with Gasteiger partial charge in [-0.2, -0.15) is 0 Å². The minimum atomic E-state index is -0.590. The minimum absolute atomic E-state index is 0.0943. The zero-order valence-corrected chi connectivity index (χ0v) is 16.4. The lowest BCUT2D eigenvalue weighted by Crippen LogP contribution is -2.30. The molecular formula is C22H17NO5S. The van der Waals surface area contributed by atoms with Crippen molar-refractivity contribution in [2.24, 2.45) is 0 Å². The molecule has 0 unspecified atom stereocenters. The van der Waals surface area contributed by atoms with Crippen LogP contribution in [-0.4, -0.2) is 18.4 Å². The Bertz CT molecular complexity index is 1290. The number of aryl methyl sites for hydroxylation is 1. The van der Waals surface area contributed by atoms with E-state index in [1.54, 1.807) is 12.1 Å². The van der Waals surface area contributed by atoms with Gasteiger partial charge in [-0.1, -0.05) is 30.3 Å². The fourth-order valence-corrected chi connectivity index (χ4v) is 3.92. The van der Waals surface area contributed by atoms with E-state index < -0.39 is 11.6 Å². The number of thiophene rings is 1. The molecule has 4 aromatic rings. The fourth-order valence-electron chi connectivity index (χ4n) is 3.14. The van der Waals surface area contributed by atoms with Crippen molar-refractivity contribution in [3.8, 4) is 0 Å². The molecule has 0 saturated heterocycles. The van der Waals surface area contributed by atoms with Gasteiger partial charge in [-0.25, -0.2) is 4.79 Å². The van der Waals surface area contributed by atoms with Crippen LogP contribution in [0.15, 0.2) is 63.8 Å². The summed E-state index contributed by atoms with van der Waals surface area (Å²) in [4.78, 5) is 37.6. The van der Waals surface area contributed by atoms with Gasteiger partial charge >= 0.3 is 11.6 Å². The van der Waals surface area contributed by atoms with Crippen molar-refractivity contribution in [2.45, 2.75) is 13.5 Å². The Morgan fingerprint density at radius 1 is 1.10 bits per heavy atom. The fraction of sp³-hybridized carbons (Fsp3) is 0.136. The van der Waals surface area contributed by atoms with E-state index in [2.05, 4.69) is 5.32 Å². The average Bonchev–Trinajstić information content (AvgIpc) is 3.16. The minimum Gasteiger partial charge on any atom is -0.459 e. The first-order chi connectivity index (χ1) is 14.0. The van der Waals surface area contributed by atoms with E-state index in [1.165, 1.54) is 17.4 Å². The molecule has 2 aromatic heterocycles. The molecule has 6 nitrogen and oxygen atoms in total. The van der Waals surface area contributed by atoms with Crippen LogP contribution in [0.4, 0.5) is 0 Å². The van der Waals surface area contributed by atoms with Crippen LogP contribution in [0.5, 0.6) is 0 Å². The molecule has 1 N–H and O–H groups in total. The molecule has 0 bridgehead atoms. The number of carbonyl (C=O) groups is 2. The highest BCUT2D eigenvalue weighted by atomic mass is 32.1. The molecule has 2 aromatic carbocycles. The highest BCUT2D eigenvalue weighted by molar-refractivity contribution is 7.13. The quantitative estimate of drug-likeness (QED) is 0.309. The summed E-state index contributed by atoms with van der Waals surface area (Å²) in [6, 6.07) is 16.2. The highest BCUT2D eigenvalue weighted by Gasteiger charge is 2.13. The number of ether oxygens (including phenoxy) is 1. The van der Waals surface area contributed by atoms with Gasteiger partial charge in [0, 0.05) is 21.9 Å². The maximum Gasteiger partial charge on any atom is 0.336 e. The van der Waals surface area contributed by atoms with Crippen molar-refractivity contribution in [3.05, 3.63) is 80.3 Å². The van der Waals surface area contributed by atoms with Crippen molar-refractivity contribution < 1.29 is 18.7 Å². The third kappa shape index (κ3) is 4.05. The second-order valence-electron chi connectivity index (χ2n) is 6.50. The van der Waals surface area contributed by atoms with Gasteiger partial charge < -0.3 is 14.5 Å². The van der Waals surface area contributed by atoms with Gasteiger partial charge in [-0.3, -0.25) is 9.59 Å². The van der Waals surface area contributed by atoms with E-state index >= 15 is 0 Å². The average molecular weight is 407 g/mol. The van der Waals surface area contributed by atoms with Crippen LogP contribution in [-0.2, 0) is 16.1 Å². The summed E-state index contributed by atoms with van der Waals surface area (Å²) < 4.78 is 10.6. The third-order valence-corrected chi connectivity index (χ3v) is 5.46. The van der Waals surface area contributed by atoms with Gasteiger partial charge in [-0.05, 0) is 35.9 Å². The monoisotopic (exact) mass is 407 g/mol. The number of fused-ring (bicyclic) bond motifs is 3. The molecule has 0 saturated carbocycles. The molecule has 0 aliphatic rings. The van der Waals surface area contributed by atoms with Crippen molar-refractivity contribution in [1.29, 1.82) is 0 Å². The van der Waals surface area contributed by atoms with Crippen molar-refractivity contribution in [3.63, 3.8) is 0 Å². The molecule has 0 spiro atoms. The summed E-state index contributed by atoms with van der Waals surface area (Å²) in [5, 5.41) is 5.16. The molecule has 146 valence electrons. The van der Waals surface area contributed by atoms with Crippen LogP contribution >= 0.6 is 11.3 Å². The molecule has 0 fully saturated rings.